The number of allylic oxidation sites excluding steroid dienone is 2. The van der Waals surface area contributed by atoms with E-state index < -0.39 is 4.92 Å². The molecule has 0 heterocycles. The van der Waals surface area contributed by atoms with Gasteiger partial charge in [0.2, 0.25) is 0 Å². The minimum Gasteiger partial charge on any atom is -0.259 e. The molecule has 0 bridgehead atoms. The molecule has 0 aromatic carbocycles. The van der Waals surface area contributed by atoms with Crippen LogP contribution in [0.2, 0.25) is 0 Å². The van der Waals surface area contributed by atoms with Gasteiger partial charge in [-0.2, -0.15) is 4.91 Å². The van der Waals surface area contributed by atoms with E-state index >= 15 is 0 Å². The van der Waals surface area contributed by atoms with E-state index in [0.717, 1.165) is 0 Å². The highest BCUT2D eigenvalue weighted by molar-refractivity contribution is 5.27. The molecule has 64 valence electrons. The van der Waals surface area contributed by atoms with E-state index in [-0.39, 0.29) is 12.2 Å². The van der Waals surface area contributed by atoms with Gasteiger partial charge in [-0.3, -0.25) is 10.1 Å². The summed E-state index contributed by atoms with van der Waals surface area (Å²) < 4.78 is 0. The quantitative estimate of drug-likeness (QED) is 0.365. The van der Waals surface area contributed by atoms with Crippen LogP contribution in [-0.4, -0.2) is 11.5 Å². The Balaban J connectivity index is 2.91. The van der Waals surface area contributed by atoms with Crippen LogP contribution in [0.1, 0.15) is 12.8 Å². The normalized spacial score (nSPS) is 16.3. The maximum absolute atomic E-state index is 10.4. The highest BCUT2D eigenvalue weighted by Crippen LogP contribution is 2.19. The molecular weight excluding hydrogens is 160 g/mol. The molecule has 5 nitrogen and oxygen atoms in total. The van der Waals surface area contributed by atoms with Crippen molar-refractivity contribution in [3.8, 4) is 0 Å². The molecule has 0 radical (unpaired) electrons. The molecule has 0 saturated carbocycles. The van der Waals surface area contributed by atoms with Crippen molar-refractivity contribution in [2.75, 3.05) is 6.54 Å². The number of hydrogen-bond donors (Lipinski definition) is 0. The van der Waals surface area contributed by atoms with Gasteiger partial charge in [0.05, 0.1) is 4.92 Å². The molecule has 5 heteroatoms. The summed E-state index contributed by atoms with van der Waals surface area (Å²) in [5.41, 5.74) is 0.554. The second-order valence-electron chi connectivity index (χ2n) is 2.46. The third kappa shape index (κ3) is 1.75. The number of hydrogen-bond acceptors (Lipinski definition) is 4. The van der Waals surface area contributed by atoms with E-state index in [1.54, 1.807) is 6.08 Å². The van der Waals surface area contributed by atoms with Gasteiger partial charge in [0, 0.05) is 12.0 Å². The van der Waals surface area contributed by atoms with Crippen molar-refractivity contribution in [2.24, 2.45) is 5.18 Å². The summed E-state index contributed by atoms with van der Waals surface area (Å²) >= 11 is 0. The molecule has 0 spiro atoms. The first kappa shape index (κ1) is 8.58. The lowest BCUT2D eigenvalue weighted by Gasteiger charge is -2.04. The largest absolute Gasteiger partial charge is 0.259 e. The van der Waals surface area contributed by atoms with Crippen LogP contribution < -0.4 is 0 Å². The first-order chi connectivity index (χ1) is 5.75. The van der Waals surface area contributed by atoms with Crippen LogP contribution in [0.4, 0.5) is 0 Å². The van der Waals surface area contributed by atoms with E-state index in [2.05, 4.69) is 5.18 Å². The molecule has 0 N–H and O–H groups in total. The van der Waals surface area contributed by atoms with Crippen molar-refractivity contribution >= 4 is 0 Å². The molecule has 0 fully saturated rings. The van der Waals surface area contributed by atoms with Crippen LogP contribution in [0.5, 0.6) is 0 Å². The van der Waals surface area contributed by atoms with Gasteiger partial charge in [-0.15, -0.1) is 0 Å². The maximum atomic E-state index is 10.4. The van der Waals surface area contributed by atoms with Gasteiger partial charge >= 0.3 is 0 Å². The smallest absolute Gasteiger partial charge is 0.251 e. The van der Waals surface area contributed by atoms with Gasteiger partial charge in [0.25, 0.3) is 5.70 Å². The van der Waals surface area contributed by atoms with Crippen LogP contribution in [0.3, 0.4) is 0 Å². The standard InChI is InChI=1S/C7H8N2O3/c10-8-5-6-3-1-2-4-7(6)9(11)12/h1,3H,2,4-5H2. The predicted molar refractivity (Wildman–Crippen MR) is 43.1 cm³/mol. The third-order valence-corrected chi connectivity index (χ3v) is 1.69. The molecule has 0 amide bonds. The molecule has 12 heavy (non-hydrogen) atoms. The van der Waals surface area contributed by atoms with E-state index in [9.17, 15) is 15.0 Å². The average molecular weight is 168 g/mol. The van der Waals surface area contributed by atoms with E-state index in [0.29, 0.717) is 18.4 Å². The van der Waals surface area contributed by atoms with Crippen molar-refractivity contribution in [1.29, 1.82) is 0 Å². The fourth-order valence-corrected chi connectivity index (χ4v) is 1.12. The van der Waals surface area contributed by atoms with Crippen molar-refractivity contribution in [3.63, 3.8) is 0 Å². The lowest BCUT2D eigenvalue weighted by atomic mass is 10.0. The Morgan fingerprint density at radius 1 is 1.67 bits per heavy atom. The molecule has 0 aliphatic heterocycles. The van der Waals surface area contributed by atoms with Crippen LogP contribution in [0.25, 0.3) is 0 Å². The van der Waals surface area contributed by atoms with E-state index in [4.69, 9.17) is 0 Å². The number of nitro groups is 1. The lowest BCUT2D eigenvalue weighted by molar-refractivity contribution is -0.429. The van der Waals surface area contributed by atoms with Crippen LogP contribution in [0.15, 0.2) is 28.6 Å². The first-order valence-electron chi connectivity index (χ1n) is 3.57. The van der Waals surface area contributed by atoms with E-state index in [1.807, 2.05) is 6.08 Å². The third-order valence-electron chi connectivity index (χ3n) is 1.69. The summed E-state index contributed by atoms with van der Waals surface area (Å²) in [7, 11) is 0. The van der Waals surface area contributed by atoms with Gasteiger partial charge in [-0.25, -0.2) is 0 Å². The molecule has 1 aliphatic carbocycles. The van der Waals surface area contributed by atoms with Gasteiger partial charge in [-0.05, 0) is 6.42 Å². The number of nitroso groups, excluding NO2 is 1. The second-order valence-corrected chi connectivity index (χ2v) is 2.46. The van der Waals surface area contributed by atoms with Crippen molar-refractivity contribution in [2.45, 2.75) is 12.8 Å². The highest BCUT2D eigenvalue weighted by Gasteiger charge is 2.18. The molecule has 0 unspecified atom stereocenters. The SMILES string of the molecule is O=NCC1=C([N+](=O)[O-])CCC=C1. The van der Waals surface area contributed by atoms with E-state index in [1.165, 1.54) is 0 Å². The maximum Gasteiger partial charge on any atom is 0.251 e. The van der Waals surface area contributed by atoms with Crippen LogP contribution >= 0.6 is 0 Å². The van der Waals surface area contributed by atoms with Crippen molar-refractivity contribution in [1.82, 2.24) is 0 Å². The Kier molecular flexibility index (Phi) is 2.68. The minimum atomic E-state index is -0.440. The molecule has 0 aromatic rings. The van der Waals surface area contributed by atoms with Crippen molar-refractivity contribution in [3.05, 3.63) is 38.4 Å². The Hall–Kier alpha value is -1.52. The molecule has 0 atom stereocenters. The van der Waals surface area contributed by atoms with Crippen molar-refractivity contribution < 1.29 is 4.92 Å². The molecular formula is C7H8N2O3. The lowest BCUT2D eigenvalue weighted by Crippen LogP contribution is -2.06. The Bertz CT molecular complexity index is 268. The van der Waals surface area contributed by atoms with Gasteiger partial charge in [0.1, 0.15) is 6.54 Å². The topological polar surface area (TPSA) is 72.6 Å². The summed E-state index contributed by atoms with van der Waals surface area (Å²) in [4.78, 5) is 19.9. The molecule has 1 aliphatic rings. The second kappa shape index (κ2) is 3.75. The monoisotopic (exact) mass is 168 g/mol. The molecule has 0 aromatic heterocycles. The number of nitrogens with zero attached hydrogens (tertiary/aromatic N) is 2. The summed E-state index contributed by atoms with van der Waals surface area (Å²) in [5, 5.41) is 13.0. The first-order valence-corrected chi connectivity index (χ1v) is 3.57. The Labute approximate surface area is 68.9 Å². The zero-order valence-electron chi connectivity index (χ0n) is 6.40. The van der Waals surface area contributed by atoms with Gasteiger partial charge in [0.15, 0.2) is 0 Å². The average Bonchev–Trinajstić information content (AvgIpc) is 2.05. The fourth-order valence-electron chi connectivity index (χ4n) is 1.12. The summed E-state index contributed by atoms with van der Waals surface area (Å²) in [6.45, 7) is -0.104. The van der Waals surface area contributed by atoms with Gasteiger partial charge in [-0.1, -0.05) is 17.3 Å². The Morgan fingerprint density at radius 3 is 3.00 bits per heavy atom. The minimum absolute atomic E-state index is 0.104. The summed E-state index contributed by atoms with van der Waals surface area (Å²) in [5.74, 6) is 0. The fraction of sp³-hybridized carbons (Fsp3) is 0.429. The zero-order chi connectivity index (χ0) is 8.97. The predicted octanol–water partition coefficient (Wildman–Crippen LogP) is 1.63. The number of rotatable bonds is 3. The van der Waals surface area contributed by atoms with Crippen LogP contribution in [0, 0.1) is 15.0 Å². The van der Waals surface area contributed by atoms with Crippen LogP contribution in [-0.2, 0) is 0 Å². The molecule has 1 rings (SSSR count). The van der Waals surface area contributed by atoms with Gasteiger partial charge < -0.3 is 0 Å². The Morgan fingerprint density at radius 2 is 2.42 bits per heavy atom. The summed E-state index contributed by atoms with van der Waals surface area (Å²) in [6.07, 6.45) is 4.48. The summed E-state index contributed by atoms with van der Waals surface area (Å²) in [6, 6.07) is 0. The zero-order valence-corrected chi connectivity index (χ0v) is 6.40. The highest BCUT2D eigenvalue weighted by atomic mass is 16.6. The molecule has 0 saturated heterocycles.